The van der Waals surface area contributed by atoms with Crippen LogP contribution in [0.5, 0.6) is 0 Å². The van der Waals surface area contributed by atoms with Crippen LogP contribution in [-0.4, -0.2) is 25.8 Å². The van der Waals surface area contributed by atoms with E-state index in [-0.39, 0.29) is 17.2 Å². The van der Waals surface area contributed by atoms with Gasteiger partial charge in [-0.1, -0.05) is 88.8 Å². The van der Waals surface area contributed by atoms with Crippen LogP contribution in [0.1, 0.15) is 16.7 Å². The summed E-state index contributed by atoms with van der Waals surface area (Å²) in [5.74, 6) is -0.121. The molecule has 1 amide bonds. The summed E-state index contributed by atoms with van der Waals surface area (Å²) in [6.45, 7) is 4.29. The maximum absolute atomic E-state index is 13.9. The molecule has 2 aromatic heterocycles. The van der Waals surface area contributed by atoms with Crippen molar-refractivity contribution in [1.82, 2.24) is 19.4 Å². The van der Waals surface area contributed by atoms with Crippen LogP contribution in [0.3, 0.4) is 0 Å². The van der Waals surface area contributed by atoms with Crippen LogP contribution < -0.4 is 10.9 Å². The molecule has 5 rings (SSSR count). The molecule has 0 atom stereocenters. The molecule has 1 N–H and O–H groups in total. The van der Waals surface area contributed by atoms with Crippen molar-refractivity contribution in [2.75, 3.05) is 5.75 Å². The SMILES string of the molecule is Cc1ccc(-n2c(SCC(=O)NCc3ccccc3Cl)nc3c(sc(=S)n3-c3ccccc3C)c2=O)cc1. The zero-order valence-corrected chi connectivity index (χ0v) is 23.8. The van der Waals surface area contributed by atoms with Gasteiger partial charge in [0.2, 0.25) is 5.91 Å². The highest BCUT2D eigenvalue weighted by molar-refractivity contribution is 7.99. The highest BCUT2D eigenvalue weighted by Crippen LogP contribution is 2.28. The number of aromatic nitrogens is 3. The van der Waals surface area contributed by atoms with E-state index >= 15 is 0 Å². The molecule has 3 aromatic carbocycles. The molecule has 0 unspecified atom stereocenters. The third-order valence-electron chi connectivity index (χ3n) is 5.99. The predicted octanol–water partition coefficient (Wildman–Crippen LogP) is 6.65. The number of amides is 1. The molecule has 0 aliphatic rings. The lowest BCUT2D eigenvalue weighted by molar-refractivity contribution is -0.118. The summed E-state index contributed by atoms with van der Waals surface area (Å²) < 4.78 is 4.40. The molecule has 192 valence electrons. The fraction of sp³-hybridized carbons (Fsp3) is 0.143. The number of thioether (sulfide) groups is 1. The van der Waals surface area contributed by atoms with Gasteiger partial charge in [-0.25, -0.2) is 4.98 Å². The van der Waals surface area contributed by atoms with Crippen molar-refractivity contribution < 1.29 is 4.79 Å². The quantitative estimate of drug-likeness (QED) is 0.133. The molecular weight excluding hydrogens is 556 g/mol. The van der Waals surface area contributed by atoms with Crippen LogP contribution in [0.4, 0.5) is 0 Å². The highest BCUT2D eigenvalue weighted by atomic mass is 35.5. The summed E-state index contributed by atoms with van der Waals surface area (Å²) in [6, 6.07) is 22.9. The number of aryl methyl sites for hydroxylation is 2. The van der Waals surface area contributed by atoms with E-state index in [1.807, 2.05) is 85.1 Å². The largest absolute Gasteiger partial charge is 0.351 e. The van der Waals surface area contributed by atoms with Gasteiger partial charge in [-0.15, -0.1) is 0 Å². The van der Waals surface area contributed by atoms with E-state index in [0.29, 0.717) is 36.7 Å². The van der Waals surface area contributed by atoms with E-state index in [4.69, 9.17) is 28.8 Å². The van der Waals surface area contributed by atoms with Crippen LogP contribution in [0, 0.1) is 17.8 Å². The number of benzene rings is 3. The third-order valence-corrected chi connectivity index (χ3v) is 8.65. The zero-order valence-electron chi connectivity index (χ0n) is 20.6. The fourth-order valence-electron chi connectivity index (χ4n) is 4.00. The average Bonchev–Trinajstić information content (AvgIpc) is 3.24. The number of carbonyl (C=O) groups excluding carboxylic acids is 1. The lowest BCUT2D eigenvalue weighted by Crippen LogP contribution is -2.26. The van der Waals surface area contributed by atoms with Gasteiger partial charge in [-0.3, -0.25) is 18.7 Å². The molecule has 0 aliphatic heterocycles. The van der Waals surface area contributed by atoms with E-state index < -0.39 is 0 Å². The Hall–Kier alpha value is -3.24. The summed E-state index contributed by atoms with van der Waals surface area (Å²) in [6.07, 6.45) is 0. The number of halogens is 1. The molecule has 0 aliphatic carbocycles. The van der Waals surface area contributed by atoms with Crippen molar-refractivity contribution >= 4 is 63.2 Å². The van der Waals surface area contributed by atoms with Crippen LogP contribution in [0.15, 0.2) is 82.7 Å². The minimum atomic E-state index is -0.221. The Morgan fingerprint density at radius 3 is 2.47 bits per heavy atom. The number of carbonyl (C=O) groups is 1. The Morgan fingerprint density at radius 1 is 1.03 bits per heavy atom. The minimum Gasteiger partial charge on any atom is -0.351 e. The molecular formula is C28H23ClN4O2S3. The van der Waals surface area contributed by atoms with Crippen molar-refractivity contribution in [3.05, 3.63) is 109 Å². The lowest BCUT2D eigenvalue weighted by Gasteiger charge is -2.14. The van der Waals surface area contributed by atoms with Gasteiger partial charge in [-0.05, 0) is 61.5 Å². The van der Waals surface area contributed by atoms with Gasteiger partial charge in [0.25, 0.3) is 5.56 Å². The van der Waals surface area contributed by atoms with E-state index in [1.165, 1.54) is 23.1 Å². The van der Waals surface area contributed by atoms with E-state index in [0.717, 1.165) is 22.4 Å². The first-order chi connectivity index (χ1) is 18.3. The number of para-hydroxylation sites is 1. The van der Waals surface area contributed by atoms with E-state index in [2.05, 4.69) is 5.32 Å². The number of fused-ring (bicyclic) bond motifs is 1. The summed E-state index contributed by atoms with van der Waals surface area (Å²) in [7, 11) is 0. The van der Waals surface area contributed by atoms with Crippen LogP contribution in [0.2, 0.25) is 5.02 Å². The Morgan fingerprint density at radius 2 is 1.74 bits per heavy atom. The number of rotatable bonds is 7. The maximum Gasteiger partial charge on any atom is 0.278 e. The average molecular weight is 579 g/mol. The number of nitrogens with zero attached hydrogens (tertiary/aromatic N) is 3. The number of hydrogen-bond donors (Lipinski definition) is 1. The number of hydrogen-bond acceptors (Lipinski definition) is 6. The van der Waals surface area contributed by atoms with Crippen molar-refractivity contribution in [2.45, 2.75) is 25.5 Å². The minimum absolute atomic E-state index is 0.0729. The van der Waals surface area contributed by atoms with Crippen molar-refractivity contribution in [3.8, 4) is 11.4 Å². The topological polar surface area (TPSA) is 68.9 Å². The molecule has 0 saturated heterocycles. The van der Waals surface area contributed by atoms with Gasteiger partial charge in [0.1, 0.15) is 4.70 Å². The monoisotopic (exact) mass is 578 g/mol. The molecule has 10 heteroatoms. The molecule has 38 heavy (non-hydrogen) atoms. The summed E-state index contributed by atoms with van der Waals surface area (Å²) in [5.41, 5.74) is 4.74. The van der Waals surface area contributed by atoms with Crippen LogP contribution in [-0.2, 0) is 11.3 Å². The summed E-state index contributed by atoms with van der Waals surface area (Å²) >= 11 is 14.3. The third kappa shape index (κ3) is 5.33. The molecule has 0 bridgehead atoms. The van der Waals surface area contributed by atoms with Gasteiger partial charge in [0.15, 0.2) is 14.8 Å². The summed E-state index contributed by atoms with van der Waals surface area (Å²) in [4.78, 5) is 31.5. The fourth-order valence-corrected chi connectivity index (χ4v) is 6.32. The molecule has 0 fully saturated rings. The first kappa shape index (κ1) is 26.4. The second-order valence-electron chi connectivity index (χ2n) is 8.67. The van der Waals surface area contributed by atoms with Crippen molar-refractivity contribution in [1.29, 1.82) is 0 Å². The van der Waals surface area contributed by atoms with Gasteiger partial charge < -0.3 is 5.32 Å². The Bertz CT molecular complexity index is 1770. The first-order valence-corrected chi connectivity index (χ1v) is 14.4. The lowest BCUT2D eigenvalue weighted by atomic mass is 10.2. The zero-order chi connectivity index (χ0) is 26.8. The number of thiazole rings is 1. The normalized spacial score (nSPS) is 11.1. The van der Waals surface area contributed by atoms with Crippen LogP contribution >= 0.6 is 46.9 Å². The van der Waals surface area contributed by atoms with Gasteiger partial charge in [0.05, 0.1) is 17.1 Å². The molecule has 0 spiro atoms. The molecule has 5 aromatic rings. The van der Waals surface area contributed by atoms with Crippen molar-refractivity contribution in [3.63, 3.8) is 0 Å². The first-order valence-electron chi connectivity index (χ1n) is 11.8. The number of nitrogens with one attached hydrogen (secondary N) is 1. The van der Waals surface area contributed by atoms with Gasteiger partial charge in [-0.2, -0.15) is 0 Å². The molecule has 2 heterocycles. The van der Waals surface area contributed by atoms with Crippen LogP contribution in [0.25, 0.3) is 21.7 Å². The van der Waals surface area contributed by atoms with E-state index in [9.17, 15) is 9.59 Å². The predicted molar refractivity (Wildman–Crippen MR) is 159 cm³/mol. The second kappa shape index (κ2) is 11.2. The van der Waals surface area contributed by atoms with E-state index in [1.54, 1.807) is 10.6 Å². The highest BCUT2D eigenvalue weighted by Gasteiger charge is 2.20. The molecule has 0 radical (unpaired) electrons. The Labute approximate surface area is 237 Å². The second-order valence-corrected chi connectivity index (χ2v) is 11.7. The molecule has 6 nitrogen and oxygen atoms in total. The smallest absolute Gasteiger partial charge is 0.278 e. The Kier molecular flexibility index (Phi) is 7.80. The van der Waals surface area contributed by atoms with Gasteiger partial charge in [0, 0.05) is 11.6 Å². The summed E-state index contributed by atoms with van der Waals surface area (Å²) in [5, 5.41) is 3.91. The Balaban J connectivity index is 1.55. The van der Waals surface area contributed by atoms with Gasteiger partial charge >= 0.3 is 0 Å². The van der Waals surface area contributed by atoms with Crippen molar-refractivity contribution in [2.24, 2.45) is 0 Å². The molecule has 0 saturated carbocycles. The standard InChI is InChI=1S/C28H23ClN4O2S3/c1-17-11-13-20(14-12-17)32-26(35)24-25(33(28(36)38-24)22-10-6-3-7-18(22)2)31-27(32)37-16-23(34)30-15-19-8-4-5-9-21(19)29/h3-14H,15-16H2,1-2H3,(H,30,34). The maximum atomic E-state index is 13.9.